The standard InChI is InChI=1S/C19H25N3O3/c1-23-14-19-20-11-15(12-21-19)13-22-9-7-18(8-10-22)25-17-5-3-16(24-2)4-6-17/h3-6,11-12,18H,7-10,13-14H2,1-2H3. The second-order valence-corrected chi connectivity index (χ2v) is 6.21. The van der Waals surface area contributed by atoms with Crippen LogP contribution in [0.4, 0.5) is 0 Å². The molecule has 0 aliphatic carbocycles. The quantitative estimate of drug-likeness (QED) is 0.770. The fourth-order valence-corrected chi connectivity index (χ4v) is 2.96. The maximum Gasteiger partial charge on any atom is 0.153 e. The monoisotopic (exact) mass is 343 g/mol. The highest BCUT2D eigenvalue weighted by Gasteiger charge is 2.20. The van der Waals surface area contributed by atoms with Crippen LogP contribution in [0.2, 0.25) is 0 Å². The number of likely N-dealkylation sites (tertiary alicyclic amines) is 1. The lowest BCUT2D eigenvalue weighted by molar-refractivity contribution is 0.0966. The number of hydrogen-bond donors (Lipinski definition) is 0. The Bertz CT molecular complexity index is 638. The molecular weight excluding hydrogens is 318 g/mol. The highest BCUT2D eigenvalue weighted by atomic mass is 16.5. The normalized spacial score (nSPS) is 15.9. The molecule has 0 amide bonds. The molecule has 1 aliphatic heterocycles. The Morgan fingerprint density at radius 2 is 1.64 bits per heavy atom. The van der Waals surface area contributed by atoms with Gasteiger partial charge in [-0.3, -0.25) is 4.90 Å². The Kier molecular flexibility index (Phi) is 6.19. The van der Waals surface area contributed by atoms with E-state index in [0.29, 0.717) is 6.61 Å². The summed E-state index contributed by atoms with van der Waals surface area (Å²) < 4.78 is 16.3. The van der Waals surface area contributed by atoms with Gasteiger partial charge in [0, 0.05) is 44.7 Å². The van der Waals surface area contributed by atoms with Crippen molar-refractivity contribution in [3.63, 3.8) is 0 Å². The van der Waals surface area contributed by atoms with Crippen LogP contribution in [0.25, 0.3) is 0 Å². The van der Waals surface area contributed by atoms with Gasteiger partial charge < -0.3 is 14.2 Å². The number of hydrogen-bond acceptors (Lipinski definition) is 6. The number of ether oxygens (including phenoxy) is 3. The molecule has 0 spiro atoms. The second-order valence-electron chi connectivity index (χ2n) is 6.21. The number of methoxy groups -OCH3 is 2. The van der Waals surface area contributed by atoms with Crippen LogP contribution < -0.4 is 9.47 Å². The Labute approximate surface area is 148 Å². The van der Waals surface area contributed by atoms with E-state index in [1.807, 2.05) is 36.7 Å². The summed E-state index contributed by atoms with van der Waals surface area (Å²) in [7, 11) is 3.32. The summed E-state index contributed by atoms with van der Waals surface area (Å²) in [6, 6.07) is 7.78. The van der Waals surface area contributed by atoms with E-state index in [1.54, 1.807) is 14.2 Å². The Balaban J connectivity index is 1.44. The van der Waals surface area contributed by atoms with Crippen LogP contribution in [0.5, 0.6) is 11.5 Å². The van der Waals surface area contributed by atoms with Gasteiger partial charge in [-0.1, -0.05) is 0 Å². The smallest absolute Gasteiger partial charge is 0.153 e. The summed E-state index contributed by atoms with van der Waals surface area (Å²) in [5, 5.41) is 0. The van der Waals surface area contributed by atoms with E-state index in [4.69, 9.17) is 14.2 Å². The topological polar surface area (TPSA) is 56.7 Å². The summed E-state index contributed by atoms with van der Waals surface area (Å²) in [5.74, 6) is 2.47. The lowest BCUT2D eigenvalue weighted by atomic mass is 10.1. The van der Waals surface area contributed by atoms with Gasteiger partial charge in [0.2, 0.25) is 0 Å². The molecule has 3 rings (SSSR count). The third-order valence-electron chi connectivity index (χ3n) is 4.34. The molecule has 0 radical (unpaired) electrons. The van der Waals surface area contributed by atoms with Crippen molar-refractivity contribution in [3.8, 4) is 11.5 Å². The van der Waals surface area contributed by atoms with Gasteiger partial charge in [-0.2, -0.15) is 0 Å². The van der Waals surface area contributed by atoms with E-state index < -0.39 is 0 Å². The Morgan fingerprint density at radius 1 is 1.00 bits per heavy atom. The van der Waals surface area contributed by atoms with Crippen LogP contribution >= 0.6 is 0 Å². The first-order valence-corrected chi connectivity index (χ1v) is 8.58. The second kappa shape index (κ2) is 8.78. The summed E-state index contributed by atoms with van der Waals surface area (Å²) >= 11 is 0. The molecule has 6 heteroatoms. The van der Waals surface area contributed by atoms with Crippen LogP contribution in [0.3, 0.4) is 0 Å². The average Bonchev–Trinajstić information content (AvgIpc) is 2.66. The van der Waals surface area contributed by atoms with E-state index in [2.05, 4.69) is 14.9 Å². The molecule has 2 heterocycles. The molecule has 1 fully saturated rings. The van der Waals surface area contributed by atoms with Crippen molar-refractivity contribution in [3.05, 3.63) is 48.0 Å². The zero-order valence-corrected chi connectivity index (χ0v) is 14.9. The van der Waals surface area contributed by atoms with Crippen molar-refractivity contribution in [2.45, 2.75) is 32.1 Å². The van der Waals surface area contributed by atoms with Gasteiger partial charge >= 0.3 is 0 Å². The number of rotatable bonds is 7. The van der Waals surface area contributed by atoms with Gasteiger partial charge in [-0.25, -0.2) is 9.97 Å². The van der Waals surface area contributed by atoms with Gasteiger partial charge in [0.25, 0.3) is 0 Å². The van der Waals surface area contributed by atoms with Crippen molar-refractivity contribution >= 4 is 0 Å². The first-order valence-electron chi connectivity index (χ1n) is 8.58. The minimum absolute atomic E-state index is 0.268. The molecule has 0 saturated carbocycles. The maximum atomic E-state index is 6.08. The Hall–Kier alpha value is -2.18. The summed E-state index contributed by atoms with van der Waals surface area (Å²) in [4.78, 5) is 11.1. The molecule has 0 unspecified atom stereocenters. The van der Waals surface area contributed by atoms with Gasteiger partial charge in [-0.05, 0) is 37.1 Å². The van der Waals surface area contributed by atoms with E-state index in [9.17, 15) is 0 Å². The maximum absolute atomic E-state index is 6.08. The van der Waals surface area contributed by atoms with Gasteiger partial charge in [0.1, 0.15) is 24.2 Å². The molecule has 134 valence electrons. The lowest BCUT2D eigenvalue weighted by Gasteiger charge is -2.32. The van der Waals surface area contributed by atoms with E-state index in [0.717, 1.165) is 55.4 Å². The van der Waals surface area contributed by atoms with Crippen molar-refractivity contribution in [2.75, 3.05) is 27.3 Å². The summed E-state index contributed by atoms with van der Waals surface area (Å²) in [6.07, 6.45) is 6.09. The summed E-state index contributed by atoms with van der Waals surface area (Å²) in [5.41, 5.74) is 1.13. The van der Waals surface area contributed by atoms with Crippen LogP contribution in [-0.4, -0.2) is 48.3 Å². The highest BCUT2D eigenvalue weighted by Crippen LogP contribution is 2.22. The van der Waals surface area contributed by atoms with Gasteiger partial charge in [0.15, 0.2) is 5.82 Å². The molecule has 25 heavy (non-hydrogen) atoms. The predicted molar refractivity (Wildman–Crippen MR) is 94.7 cm³/mol. The fraction of sp³-hybridized carbons (Fsp3) is 0.474. The molecule has 1 aromatic carbocycles. The van der Waals surface area contributed by atoms with Crippen molar-refractivity contribution in [1.29, 1.82) is 0 Å². The van der Waals surface area contributed by atoms with E-state index in [1.165, 1.54) is 0 Å². The minimum atomic E-state index is 0.268. The van der Waals surface area contributed by atoms with Crippen molar-refractivity contribution < 1.29 is 14.2 Å². The van der Waals surface area contributed by atoms with Crippen molar-refractivity contribution in [2.24, 2.45) is 0 Å². The van der Waals surface area contributed by atoms with Gasteiger partial charge in [-0.15, -0.1) is 0 Å². The molecule has 0 bridgehead atoms. The Morgan fingerprint density at radius 3 is 2.24 bits per heavy atom. The molecule has 0 N–H and O–H groups in total. The summed E-state index contributed by atoms with van der Waals surface area (Å²) in [6.45, 7) is 3.36. The molecule has 1 aliphatic rings. The predicted octanol–water partition coefficient (Wildman–Crippen LogP) is 2.68. The fourth-order valence-electron chi connectivity index (χ4n) is 2.96. The zero-order valence-electron chi connectivity index (χ0n) is 14.9. The first kappa shape index (κ1) is 17.6. The number of benzene rings is 1. The molecule has 6 nitrogen and oxygen atoms in total. The van der Waals surface area contributed by atoms with Crippen LogP contribution in [0.1, 0.15) is 24.2 Å². The minimum Gasteiger partial charge on any atom is -0.497 e. The lowest BCUT2D eigenvalue weighted by Crippen LogP contribution is -2.37. The number of nitrogens with zero attached hydrogens (tertiary/aromatic N) is 3. The molecular formula is C19H25N3O3. The third kappa shape index (κ3) is 5.14. The van der Waals surface area contributed by atoms with Crippen LogP contribution in [-0.2, 0) is 17.9 Å². The number of aromatic nitrogens is 2. The van der Waals surface area contributed by atoms with Crippen LogP contribution in [0.15, 0.2) is 36.7 Å². The largest absolute Gasteiger partial charge is 0.497 e. The first-order chi connectivity index (χ1) is 12.3. The molecule has 2 aromatic rings. The molecule has 0 atom stereocenters. The van der Waals surface area contributed by atoms with Crippen molar-refractivity contribution in [1.82, 2.24) is 14.9 Å². The highest BCUT2D eigenvalue weighted by molar-refractivity contribution is 5.31. The average molecular weight is 343 g/mol. The molecule has 1 saturated heterocycles. The van der Waals surface area contributed by atoms with Gasteiger partial charge in [0.05, 0.1) is 7.11 Å². The number of piperidine rings is 1. The van der Waals surface area contributed by atoms with Crippen LogP contribution in [0, 0.1) is 0 Å². The van der Waals surface area contributed by atoms with E-state index >= 15 is 0 Å². The zero-order chi connectivity index (χ0) is 17.5. The van der Waals surface area contributed by atoms with E-state index in [-0.39, 0.29) is 6.10 Å². The SMILES string of the molecule is COCc1ncc(CN2CCC(Oc3ccc(OC)cc3)CC2)cn1. The third-order valence-corrected chi connectivity index (χ3v) is 4.34. The molecule has 1 aromatic heterocycles.